The molecule has 4 nitrogen and oxygen atoms in total. The molecular weight excluding hydrogens is 194 g/mol. The summed E-state index contributed by atoms with van der Waals surface area (Å²) in [5.74, 6) is -0.376. The molecule has 82 valence electrons. The van der Waals surface area contributed by atoms with Gasteiger partial charge in [0.15, 0.2) is 0 Å². The smallest absolute Gasteiger partial charge is 0.352 e. The van der Waals surface area contributed by atoms with Gasteiger partial charge in [-0.3, -0.25) is 4.84 Å². The van der Waals surface area contributed by atoms with Crippen molar-refractivity contribution in [3.63, 3.8) is 0 Å². The quantitative estimate of drug-likeness (QED) is 0.546. The Morgan fingerprint density at radius 3 is 2.33 bits per heavy atom. The topological polar surface area (TPSA) is 39.4 Å². The molecule has 0 saturated carbocycles. The molecule has 0 bridgehead atoms. The third-order valence-corrected chi connectivity index (χ3v) is 1.44. The maximum absolute atomic E-state index is 11.3. The molecule has 0 radical (unpaired) electrons. The van der Waals surface area contributed by atoms with E-state index in [4.69, 9.17) is 9.57 Å². The maximum atomic E-state index is 11.3. The van der Waals surface area contributed by atoms with Gasteiger partial charge in [0.1, 0.15) is 5.60 Å². The predicted octanol–water partition coefficient (Wildman–Crippen LogP) is 0.744. The summed E-state index contributed by atoms with van der Waals surface area (Å²) in [7, 11) is 0. The van der Waals surface area contributed by atoms with E-state index in [1.54, 1.807) is 12.4 Å². The lowest BCUT2D eigenvalue weighted by Crippen LogP contribution is -2.45. The van der Waals surface area contributed by atoms with Gasteiger partial charge >= 0.3 is 5.97 Å². The van der Waals surface area contributed by atoms with E-state index in [-0.39, 0.29) is 12.6 Å². The van der Waals surface area contributed by atoms with Crippen LogP contribution in [0.5, 0.6) is 0 Å². The standard InChI is InChI=1S/C11H16NO3/c1-11(2,3)15-10(13)9-14-12-7-5-4-6-8-12/h4-8H,9H2,1-3H3/q+1. The third kappa shape index (κ3) is 5.00. The highest BCUT2D eigenvalue weighted by molar-refractivity contribution is 5.71. The highest BCUT2D eigenvalue weighted by Crippen LogP contribution is 2.06. The normalized spacial score (nSPS) is 10.9. The lowest BCUT2D eigenvalue weighted by Gasteiger charge is -2.18. The largest absolute Gasteiger partial charge is 0.457 e. The second-order valence-corrected chi connectivity index (χ2v) is 4.10. The van der Waals surface area contributed by atoms with E-state index in [9.17, 15) is 4.79 Å². The molecule has 1 aromatic heterocycles. The first-order valence-corrected chi connectivity index (χ1v) is 4.79. The Labute approximate surface area is 89.4 Å². The number of ether oxygens (including phenoxy) is 1. The lowest BCUT2D eigenvalue weighted by molar-refractivity contribution is -0.889. The molecule has 0 unspecified atom stereocenters. The number of nitrogens with zero attached hydrogens (tertiary/aromatic N) is 1. The van der Waals surface area contributed by atoms with Crippen molar-refractivity contribution >= 4 is 5.97 Å². The Hall–Kier alpha value is -1.58. The van der Waals surface area contributed by atoms with Crippen LogP contribution in [0.1, 0.15) is 20.8 Å². The molecule has 0 amide bonds. The van der Waals surface area contributed by atoms with E-state index in [0.29, 0.717) is 0 Å². The number of esters is 1. The molecule has 0 aliphatic heterocycles. The van der Waals surface area contributed by atoms with Crippen molar-refractivity contribution < 1.29 is 19.1 Å². The molecule has 0 N–H and O–H groups in total. The van der Waals surface area contributed by atoms with Gasteiger partial charge in [-0.2, -0.15) is 0 Å². The maximum Gasteiger partial charge on any atom is 0.352 e. The van der Waals surface area contributed by atoms with E-state index in [1.165, 1.54) is 4.73 Å². The van der Waals surface area contributed by atoms with Gasteiger partial charge in [0.25, 0.3) is 6.61 Å². The Kier molecular flexibility index (Phi) is 3.66. The average molecular weight is 210 g/mol. The van der Waals surface area contributed by atoms with E-state index in [0.717, 1.165) is 0 Å². The van der Waals surface area contributed by atoms with Crippen LogP contribution in [-0.4, -0.2) is 18.2 Å². The number of aromatic nitrogens is 1. The molecule has 15 heavy (non-hydrogen) atoms. The zero-order valence-electron chi connectivity index (χ0n) is 9.27. The summed E-state index contributed by atoms with van der Waals surface area (Å²) >= 11 is 0. The molecule has 1 aromatic rings. The van der Waals surface area contributed by atoms with Crippen molar-refractivity contribution in [1.29, 1.82) is 0 Å². The van der Waals surface area contributed by atoms with Gasteiger partial charge in [-0.25, -0.2) is 4.79 Å². The number of pyridine rings is 1. The molecule has 0 saturated heterocycles. The average Bonchev–Trinajstić information content (AvgIpc) is 2.14. The van der Waals surface area contributed by atoms with Crippen molar-refractivity contribution in [2.24, 2.45) is 0 Å². The van der Waals surface area contributed by atoms with E-state index >= 15 is 0 Å². The minimum absolute atomic E-state index is 0.0913. The van der Waals surface area contributed by atoms with E-state index in [1.807, 2.05) is 39.0 Å². The van der Waals surface area contributed by atoms with Crippen LogP contribution in [0.4, 0.5) is 0 Å². The number of hydrogen-bond acceptors (Lipinski definition) is 3. The van der Waals surface area contributed by atoms with Crippen LogP contribution in [0.2, 0.25) is 0 Å². The van der Waals surface area contributed by atoms with Gasteiger partial charge in [-0.15, -0.1) is 0 Å². The van der Waals surface area contributed by atoms with Crippen LogP contribution in [0, 0.1) is 0 Å². The Morgan fingerprint density at radius 2 is 1.80 bits per heavy atom. The van der Waals surface area contributed by atoms with Gasteiger partial charge in [0.05, 0.1) is 0 Å². The summed E-state index contributed by atoms with van der Waals surface area (Å²) in [6, 6.07) is 5.50. The van der Waals surface area contributed by atoms with Gasteiger partial charge in [-0.1, -0.05) is 6.07 Å². The van der Waals surface area contributed by atoms with Crippen LogP contribution in [0.25, 0.3) is 0 Å². The molecule has 1 heterocycles. The molecular formula is C11H16NO3+. The fraction of sp³-hybridized carbons (Fsp3) is 0.455. The Morgan fingerprint density at radius 1 is 1.20 bits per heavy atom. The number of carbonyl (C=O) groups excluding carboxylic acids is 1. The summed E-state index contributed by atoms with van der Waals surface area (Å²) in [5, 5.41) is 0. The Balaban J connectivity index is 2.35. The van der Waals surface area contributed by atoms with Crippen molar-refractivity contribution in [2.75, 3.05) is 6.61 Å². The predicted molar refractivity (Wildman–Crippen MR) is 53.9 cm³/mol. The molecule has 0 atom stereocenters. The van der Waals surface area contributed by atoms with E-state index < -0.39 is 5.60 Å². The second kappa shape index (κ2) is 4.77. The van der Waals surface area contributed by atoms with Gasteiger partial charge in [-0.05, 0) is 20.8 Å². The van der Waals surface area contributed by atoms with Crippen molar-refractivity contribution in [3.05, 3.63) is 30.6 Å². The highest BCUT2D eigenvalue weighted by atomic mass is 16.7. The first-order valence-electron chi connectivity index (χ1n) is 4.79. The first kappa shape index (κ1) is 11.5. The van der Waals surface area contributed by atoms with Gasteiger partial charge in [0.2, 0.25) is 12.4 Å². The van der Waals surface area contributed by atoms with Crippen molar-refractivity contribution in [1.82, 2.24) is 0 Å². The minimum atomic E-state index is -0.470. The summed E-state index contributed by atoms with van der Waals surface area (Å²) in [4.78, 5) is 16.4. The lowest BCUT2D eigenvalue weighted by atomic mass is 10.2. The molecule has 0 fully saturated rings. The fourth-order valence-corrected chi connectivity index (χ4v) is 0.967. The number of rotatable bonds is 3. The van der Waals surface area contributed by atoms with Crippen molar-refractivity contribution in [3.8, 4) is 0 Å². The summed E-state index contributed by atoms with van der Waals surface area (Å²) in [6.45, 7) is 5.37. The number of hydrogen-bond donors (Lipinski definition) is 0. The molecule has 0 aliphatic rings. The third-order valence-electron chi connectivity index (χ3n) is 1.44. The minimum Gasteiger partial charge on any atom is -0.457 e. The monoisotopic (exact) mass is 210 g/mol. The SMILES string of the molecule is CC(C)(C)OC(=O)CO[n+]1ccccc1. The molecule has 0 spiro atoms. The Bertz CT molecular complexity index is 316. The van der Waals surface area contributed by atoms with Gasteiger partial charge in [0, 0.05) is 16.9 Å². The second-order valence-electron chi connectivity index (χ2n) is 4.10. The van der Waals surface area contributed by atoms with Crippen LogP contribution < -0.4 is 9.57 Å². The molecule has 0 aliphatic carbocycles. The van der Waals surface area contributed by atoms with Crippen LogP contribution in [0.3, 0.4) is 0 Å². The van der Waals surface area contributed by atoms with Gasteiger partial charge < -0.3 is 4.74 Å². The number of carbonyl (C=O) groups is 1. The van der Waals surface area contributed by atoms with Crippen molar-refractivity contribution in [2.45, 2.75) is 26.4 Å². The summed E-state index contributed by atoms with van der Waals surface area (Å²) in [5.41, 5.74) is -0.470. The zero-order chi connectivity index (χ0) is 11.3. The zero-order valence-corrected chi connectivity index (χ0v) is 9.27. The van der Waals surface area contributed by atoms with Crippen LogP contribution in [-0.2, 0) is 9.53 Å². The molecule has 1 rings (SSSR count). The van der Waals surface area contributed by atoms with E-state index in [2.05, 4.69) is 0 Å². The van der Waals surface area contributed by atoms with Crippen LogP contribution in [0.15, 0.2) is 30.6 Å². The molecule has 4 heteroatoms. The van der Waals surface area contributed by atoms with Crippen LogP contribution >= 0.6 is 0 Å². The summed E-state index contributed by atoms with van der Waals surface area (Å²) < 4.78 is 6.54. The summed E-state index contributed by atoms with van der Waals surface area (Å²) in [6.07, 6.45) is 3.43. The molecule has 0 aromatic carbocycles. The first-order chi connectivity index (χ1) is 6.97. The fourth-order valence-electron chi connectivity index (χ4n) is 0.967. The highest BCUT2D eigenvalue weighted by Gasteiger charge is 2.17.